The molecule has 7 nitrogen and oxygen atoms in total. The van der Waals surface area contributed by atoms with Crippen molar-refractivity contribution in [2.45, 2.75) is 25.3 Å². The number of aromatic nitrogens is 1. The molecular weight excluding hydrogens is 370 g/mol. The molecule has 0 saturated carbocycles. The Balaban J connectivity index is 1.47. The van der Waals surface area contributed by atoms with E-state index in [9.17, 15) is 10.1 Å². The lowest BCUT2D eigenvalue weighted by Gasteiger charge is -2.32. The van der Waals surface area contributed by atoms with Crippen LogP contribution < -0.4 is 9.47 Å². The molecule has 1 saturated heterocycles. The van der Waals surface area contributed by atoms with E-state index in [-0.39, 0.29) is 10.6 Å². The van der Waals surface area contributed by atoms with Crippen LogP contribution in [-0.4, -0.2) is 42.1 Å². The summed E-state index contributed by atoms with van der Waals surface area (Å²) in [5.41, 5.74) is 3.43. The molecule has 0 atom stereocenters. The molecule has 152 valence electrons. The molecule has 1 fully saturated rings. The quantitative estimate of drug-likeness (QED) is 0.492. The molecule has 1 aliphatic heterocycles. The summed E-state index contributed by atoms with van der Waals surface area (Å²) in [6.07, 6.45) is 4.21. The fraction of sp³-hybridized carbons (Fsp3) is 0.364. The fourth-order valence-corrected chi connectivity index (χ4v) is 4.23. The predicted octanol–water partition coefficient (Wildman–Crippen LogP) is 4.47. The normalized spacial score (nSPS) is 15.5. The highest BCUT2D eigenvalue weighted by molar-refractivity contribution is 5.85. The second-order valence-electron chi connectivity index (χ2n) is 7.46. The molecule has 29 heavy (non-hydrogen) atoms. The van der Waals surface area contributed by atoms with Gasteiger partial charge in [0, 0.05) is 41.3 Å². The van der Waals surface area contributed by atoms with Crippen molar-refractivity contribution in [2.24, 2.45) is 0 Å². The highest BCUT2D eigenvalue weighted by Gasteiger charge is 2.24. The Morgan fingerprint density at radius 2 is 1.93 bits per heavy atom. The number of nitro groups is 1. The van der Waals surface area contributed by atoms with Crippen LogP contribution in [0, 0.1) is 10.1 Å². The van der Waals surface area contributed by atoms with Crippen molar-refractivity contribution in [3.05, 3.63) is 63.8 Å². The van der Waals surface area contributed by atoms with Crippen LogP contribution in [0.25, 0.3) is 10.9 Å². The average molecular weight is 395 g/mol. The maximum atomic E-state index is 11.1. The molecule has 0 aliphatic carbocycles. The van der Waals surface area contributed by atoms with E-state index in [2.05, 4.69) is 28.2 Å². The second kappa shape index (κ2) is 8.13. The van der Waals surface area contributed by atoms with Crippen LogP contribution in [0.3, 0.4) is 0 Å². The van der Waals surface area contributed by atoms with Gasteiger partial charge in [-0.1, -0.05) is 0 Å². The largest absolute Gasteiger partial charge is 0.497 e. The Hall–Kier alpha value is -3.06. The number of nitrogens with one attached hydrogen (secondary N) is 1. The molecule has 0 amide bonds. The smallest absolute Gasteiger partial charge is 0.270 e. The number of rotatable bonds is 6. The number of non-ortho nitro benzene ring substituents is 1. The lowest BCUT2D eigenvalue weighted by molar-refractivity contribution is -0.385. The fourth-order valence-electron chi connectivity index (χ4n) is 4.23. The van der Waals surface area contributed by atoms with Crippen LogP contribution in [-0.2, 0) is 6.54 Å². The number of fused-ring (bicyclic) bond motifs is 1. The van der Waals surface area contributed by atoms with Crippen molar-refractivity contribution in [3.8, 4) is 11.5 Å². The zero-order valence-electron chi connectivity index (χ0n) is 16.7. The SMILES string of the molecule is COc1ccc2[nH]cc(C3CCN(Cc4cc([N+](=O)[O-])ccc4OC)CC3)c2c1. The molecule has 0 bridgehead atoms. The topological polar surface area (TPSA) is 80.6 Å². The minimum Gasteiger partial charge on any atom is -0.497 e. The lowest BCUT2D eigenvalue weighted by Crippen LogP contribution is -2.32. The Labute approximate surface area is 169 Å². The van der Waals surface area contributed by atoms with Crippen molar-refractivity contribution < 1.29 is 14.4 Å². The number of hydrogen-bond acceptors (Lipinski definition) is 5. The highest BCUT2D eigenvalue weighted by atomic mass is 16.6. The molecule has 0 radical (unpaired) electrons. The van der Waals surface area contributed by atoms with E-state index in [1.54, 1.807) is 26.4 Å². The third-order valence-electron chi connectivity index (χ3n) is 5.82. The molecule has 1 N–H and O–H groups in total. The first-order valence-corrected chi connectivity index (χ1v) is 9.77. The van der Waals surface area contributed by atoms with Gasteiger partial charge in [-0.15, -0.1) is 0 Å². The minimum atomic E-state index is -0.361. The number of hydrogen-bond donors (Lipinski definition) is 1. The Morgan fingerprint density at radius 1 is 1.14 bits per heavy atom. The van der Waals surface area contributed by atoms with Gasteiger partial charge in [0.15, 0.2) is 0 Å². The van der Waals surface area contributed by atoms with Crippen molar-refractivity contribution in [3.63, 3.8) is 0 Å². The van der Waals surface area contributed by atoms with E-state index in [0.29, 0.717) is 18.2 Å². The van der Waals surface area contributed by atoms with E-state index < -0.39 is 0 Å². The van der Waals surface area contributed by atoms with Crippen LogP contribution in [0.1, 0.15) is 29.9 Å². The Kier molecular flexibility index (Phi) is 5.40. The number of nitrogens with zero attached hydrogens (tertiary/aromatic N) is 2. The molecule has 1 aliphatic rings. The van der Waals surface area contributed by atoms with Gasteiger partial charge in [0.2, 0.25) is 0 Å². The molecule has 3 aromatic rings. The van der Waals surface area contributed by atoms with Gasteiger partial charge in [0.25, 0.3) is 5.69 Å². The van der Waals surface area contributed by atoms with Crippen LogP contribution in [0.2, 0.25) is 0 Å². The Bertz CT molecular complexity index is 1020. The molecular formula is C22H25N3O4. The Morgan fingerprint density at radius 3 is 2.62 bits per heavy atom. The minimum absolute atomic E-state index is 0.100. The molecule has 0 spiro atoms. The monoisotopic (exact) mass is 395 g/mol. The van der Waals surface area contributed by atoms with Crippen molar-refractivity contribution in [2.75, 3.05) is 27.3 Å². The van der Waals surface area contributed by atoms with Crippen LogP contribution >= 0.6 is 0 Å². The predicted molar refractivity (Wildman–Crippen MR) is 112 cm³/mol. The van der Waals surface area contributed by atoms with E-state index in [4.69, 9.17) is 9.47 Å². The van der Waals surface area contributed by atoms with Crippen LogP contribution in [0.4, 0.5) is 5.69 Å². The summed E-state index contributed by atoms with van der Waals surface area (Å²) in [7, 11) is 3.29. The lowest BCUT2D eigenvalue weighted by atomic mass is 9.89. The second-order valence-corrected chi connectivity index (χ2v) is 7.46. The number of ether oxygens (including phenoxy) is 2. The molecule has 4 rings (SSSR count). The molecule has 1 aromatic heterocycles. The van der Waals surface area contributed by atoms with Gasteiger partial charge in [-0.3, -0.25) is 15.0 Å². The third-order valence-corrected chi connectivity index (χ3v) is 5.82. The number of methoxy groups -OCH3 is 2. The molecule has 7 heteroatoms. The van der Waals surface area contributed by atoms with Gasteiger partial charge in [0.05, 0.1) is 19.1 Å². The summed E-state index contributed by atoms with van der Waals surface area (Å²) >= 11 is 0. The summed E-state index contributed by atoms with van der Waals surface area (Å²) in [6.45, 7) is 2.53. The van der Waals surface area contributed by atoms with Gasteiger partial charge in [-0.05, 0) is 61.7 Å². The first-order chi connectivity index (χ1) is 14.1. The number of piperidine rings is 1. The molecule has 0 unspecified atom stereocenters. The first-order valence-electron chi connectivity index (χ1n) is 9.77. The zero-order chi connectivity index (χ0) is 20.4. The molecule has 2 heterocycles. The number of H-pyrrole nitrogens is 1. The number of benzene rings is 2. The summed E-state index contributed by atoms with van der Waals surface area (Å²) in [6, 6.07) is 10.9. The maximum absolute atomic E-state index is 11.1. The number of likely N-dealkylation sites (tertiary alicyclic amines) is 1. The van der Waals surface area contributed by atoms with Gasteiger partial charge < -0.3 is 14.5 Å². The highest BCUT2D eigenvalue weighted by Crippen LogP contribution is 2.35. The first kappa shape index (κ1) is 19.3. The van der Waals surface area contributed by atoms with Gasteiger partial charge in [-0.25, -0.2) is 0 Å². The average Bonchev–Trinajstić information content (AvgIpc) is 3.17. The summed E-state index contributed by atoms with van der Waals surface area (Å²) in [5, 5.41) is 12.3. The van der Waals surface area contributed by atoms with Crippen LogP contribution in [0.15, 0.2) is 42.6 Å². The maximum Gasteiger partial charge on any atom is 0.270 e. The number of nitro benzene ring substituents is 1. The summed E-state index contributed by atoms with van der Waals surface area (Å²) in [4.78, 5) is 16.5. The summed E-state index contributed by atoms with van der Waals surface area (Å²) < 4.78 is 10.8. The van der Waals surface area contributed by atoms with Gasteiger partial charge in [-0.2, -0.15) is 0 Å². The van der Waals surface area contributed by atoms with Crippen LogP contribution in [0.5, 0.6) is 11.5 Å². The van der Waals surface area contributed by atoms with Crippen molar-refractivity contribution in [1.82, 2.24) is 9.88 Å². The summed E-state index contributed by atoms with van der Waals surface area (Å²) in [5.74, 6) is 2.05. The standard InChI is InChI=1S/C22H25N3O4/c1-28-18-4-5-21-19(12-18)20(13-23-21)15-7-9-24(10-8-15)14-16-11-17(25(26)27)3-6-22(16)29-2/h3-6,11-13,15,23H,7-10,14H2,1-2H3. The zero-order valence-corrected chi connectivity index (χ0v) is 16.7. The van der Waals surface area contributed by atoms with E-state index >= 15 is 0 Å². The van der Waals surface area contributed by atoms with E-state index in [0.717, 1.165) is 42.8 Å². The van der Waals surface area contributed by atoms with Crippen molar-refractivity contribution >= 4 is 16.6 Å². The van der Waals surface area contributed by atoms with E-state index in [1.807, 2.05) is 6.07 Å². The van der Waals surface area contributed by atoms with E-state index in [1.165, 1.54) is 17.0 Å². The molecule has 2 aromatic carbocycles. The number of aromatic amines is 1. The van der Waals surface area contributed by atoms with Crippen molar-refractivity contribution in [1.29, 1.82) is 0 Å². The van der Waals surface area contributed by atoms with Gasteiger partial charge in [0.1, 0.15) is 11.5 Å². The van der Waals surface area contributed by atoms with Gasteiger partial charge >= 0.3 is 0 Å². The third kappa shape index (κ3) is 3.91.